The first-order chi connectivity index (χ1) is 34.0. The van der Waals surface area contributed by atoms with Gasteiger partial charge < -0.3 is 14.2 Å². The molecule has 0 rings (SSSR count). The van der Waals surface area contributed by atoms with E-state index < -0.39 is 6.10 Å². The van der Waals surface area contributed by atoms with Gasteiger partial charge in [-0.05, 0) is 109 Å². The second-order valence-electron chi connectivity index (χ2n) is 19.5. The maximum atomic E-state index is 12.9. The third-order valence-electron chi connectivity index (χ3n) is 12.7. The average Bonchev–Trinajstić information content (AvgIpc) is 3.35. The molecule has 0 aromatic carbocycles. The molecule has 0 fully saturated rings. The van der Waals surface area contributed by atoms with Crippen molar-refractivity contribution in [1.82, 2.24) is 0 Å². The molecule has 6 heteroatoms. The number of esters is 3. The summed E-state index contributed by atoms with van der Waals surface area (Å²) in [4.78, 5) is 38.2. The molecule has 0 saturated heterocycles. The van der Waals surface area contributed by atoms with Crippen LogP contribution in [0.1, 0.15) is 290 Å². The third kappa shape index (κ3) is 55.6. The van der Waals surface area contributed by atoms with Crippen molar-refractivity contribution in [3.8, 4) is 0 Å². The molecule has 1 atom stereocenters. The lowest BCUT2D eigenvalue weighted by atomic mass is 10.1. The summed E-state index contributed by atoms with van der Waals surface area (Å²) < 4.78 is 16.9. The quantitative estimate of drug-likeness (QED) is 0.0262. The molecule has 6 nitrogen and oxygen atoms in total. The Hall–Kier alpha value is -3.15. The SMILES string of the molecule is CC/C=C\C/C=C\C/C=C\C/C=C\CCCCCCC(=O)OC[C@H](COC(=O)CCCCCCCCCCC/C=C\CCCCCCCC)OC(=O)CCCCCCC/C=C\CCCCCCCC. The molecule has 398 valence electrons. The highest BCUT2D eigenvalue weighted by Crippen LogP contribution is 2.15. The maximum Gasteiger partial charge on any atom is 0.306 e. The van der Waals surface area contributed by atoms with Gasteiger partial charge >= 0.3 is 17.9 Å². The van der Waals surface area contributed by atoms with Crippen LogP contribution in [0, 0.1) is 0 Å². The van der Waals surface area contributed by atoms with Gasteiger partial charge in [0, 0.05) is 19.3 Å². The molecule has 0 saturated carbocycles. The summed E-state index contributed by atoms with van der Waals surface area (Å²) >= 11 is 0. The summed E-state index contributed by atoms with van der Waals surface area (Å²) in [5, 5.41) is 0. The van der Waals surface area contributed by atoms with Crippen LogP contribution in [0.2, 0.25) is 0 Å². The molecule has 0 spiro atoms. The predicted octanol–water partition coefficient (Wildman–Crippen LogP) is 19.8. The van der Waals surface area contributed by atoms with E-state index in [0.29, 0.717) is 19.3 Å². The van der Waals surface area contributed by atoms with Crippen LogP contribution < -0.4 is 0 Å². The third-order valence-corrected chi connectivity index (χ3v) is 12.7. The number of carbonyl (C=O) groups excluding carboxylic acids is 3. The van der Waals surface area contributed by atoms with Crippen molar-refractivity contribution in [3.63, 3.8) is 0 Å². The largest absolute Gasteiger partial charge is 0.462 e. The Morgan fingerprint density at radius 1 is 0.304 bits per heavy atom. The van der Waals surface area contributed by atoms with Crippen LogP contribution in [0.5, 0.6) is 0 Å². The highest BCUT2D eigenvalue weighted by atomic mass is 16.6. The van der Waals surface area contributed by atoms with Crippen molar-refractivity contribution in [3.05, 3.63) is 72.9 Å². The van der Waals surface area contributed by atoms with Crippen LogP contribution in [0.15, 0.2) is 72.9 Å². The van der Waals surface area contributed by atoms with E-state index in [0.717, 1.165) is 109 Å². The van der Waals surface area contributed by atoms with Crippen molar-refractivity contribution in [2.45, 2.75) is 297 Å². The fourth-order valence-corrected chi connectivity index (χ4v) is 8.25. The summed E-state index contributed by atoms with van der Waals surface area (Å²) in [6.07, 6.45) is 73.2. The molecule has 0 N–H and O–H groups in total. The predicted molar refractivity (Wildman–Crippen MR) is 298 cm³/mol. The molecular weight excluding hydrogens is 853 g/mol. The van der Waals surface area contributed by atoms with Crippen molar-refractivity contribution >= 4 is 17.9 Å². The smallest absolute Gasteiger partial charge is 0.306 e. The van der Waals surface area contributed by atoms with Gasteiger partial charge in [0.2, 0.25) is 0 Å². The number of allylic oxidation sites excluding steroid dienone is 12. The fourth-order valence-electron chi connectivity index (χ4n) is 8.25. The molecule has 0 aromatic heterocycles. The second-order valence-corrected chi connectivity index (χ2v) is 19.5. The Balaban J connectivity index is 4.41. The first kappa shape index (κ1) is 65.8. The number of hydrogen-bond acceptors (Lipinski definition) is 6. The molecule has 0 bridgehead atoms. The summed E-state index contributed by atoms with van der Waals surface area (Å²) in [5.74, 6) is -0.913. The van der Waals surface area contributed by atoms with E-state index >= 15 is 0 Å². The van der Waals surface area contributed by atoms with Crippen LogP contribution in [0.4, 0.5) is 0 Å². The minimum Gasteiger partial charge on any atom is -0.462 e. The first-order valence-electron chi connectivity index (χ1n) is 29.4. The lowest BCUT2D eigenvalue weighted by Crippen LogP contribution is -2.30. The molecule has 0 amide bonds. The van der Waals surface area contributed by atoms with E-state index in [9.17, 15) is 14.4 Å². The van der Waals surface area contributed by atoms with Crippen LogP contribution in [-0.2, 0) is 28.6 Å². The molecule has 0 aliphatic rings. The van der Waals surface area contributed by atoms with Gasteiger partial charge in [-0.3, -0.25) is 14.4 Å². The van der Waals surface area contributed by atoms with Gasteiger partial charge in [0.15, 0.2) is 6.10 Å². The number of carbonyl (C=O) groups is 3. The Morgan fingerprint density at radius 3 is 0.899 bits per heavy atom. The van der Waals surface area contributed by atoms with Gasteiger partial charge in [0.05, 0.1) is 0 Å². The topological polar surface area (TPSA) is 78.9 Å². The Labute approximate surface area is 427 Å². The van der Waals surface area contributed by atoms with Gasteiger partial charge in [-0.25, -0.2) is 0 Å². The molecule has 0 radical (unpaired) electrons. The van der Waals surface area contributed by atoms with Crippen molar-refractivity contribution < 1.29 is 28.6 Å². The van der Waals surface area contributed by atoms with E-state index in [1.165, 1.54) is 141 Å². The minimum absolute atomic E-state index is 0.0869. The Kier molecular flexibility index (Phi) is 54.8. The number of rotatable bonds is 53. The molecule has 0 aliphatic heterocycles. The monoisotopic (exact) mass is 963 g/mol. The number of unbranched alkanes of at least 4 members (excludes halogenated alkanes) is 30. The Morgan fingerprint density at radius 2 is 0.565 bits per heavy atom. The van der Waals surface area contributed by atoms with Crippen LogP contribution >= 0.6 is 0 Å². The standard InChI is InChI=1S/C63H110O6/c1-4-7-10-13-16-19-22-25-28-30-31-33-36-38-41-44-47-50-53-56-62(65)68-59-60(69-63(66)57-54-51-48-45-42-39-34-27-24-21-18-15-12-9-6-3)58-67-61(64)55-52-49-46-43-40-37-35-32-29-26-23-20-17-14-11-8-5-2/h8,11,17,20,25-29,34-35,37,60H,4-7,9-10,12-16,18-19,21-24,30-33,36,38-59H2,1-3H3/b11-8-,20-17-,28-25-,29-26-,34-27-,37-35-/t60-/m1/s1. The molecular formula is C63H110O6. The molecule has 0 heterocycles. The summed E-state index contributed by atoms with van der Waals surface area (Å²) in [7, 11) is 0. The highest BCUT2D eigenvalue weighted by molar-refractivity contribution is 5.71. The van der Waals surface area contributed by atoms with Crippen molar-refractivity contribution in [2.24, 2.45) is 0 Å². The number of hydrogen-bond donors (Lipinski definition) is 0. The minimum atomic E-state index is -0.791. The highest BCUT2D eigenvalue weighted by Gasteiger charge is 2.19. The van der Waals surface area contributed by atoms with E-state index in [1.807, 2.05) is 0 Å². The fraction of sp³-hybridized carbons (Fsp3) is 0.762. The van der Waals surface area contributed by atoms with Gasteiger partial charge in [-0.2, -0.15) is 0 Å². The second kappa shape index (κ2) is 57.4. The van der Waals surface area contributed by atoms with Crippen LogP contribution in [-0.4, -0.2) is 37.2 Å². The normalized spacial score (nSPS) is 12.6. The van der Waals surface area contributed by atoms with Gasteiger partial charge in [0.25, 0.3) is 0 Å². The lowest BCUT2D eigenvalue weighted by molar-refractivity contribution is -0.167. The van der Waals surface area contributed by atoms with Crippen molar-refractivity contribution in [1.29, 1.82) is 0 Å². The molecule has 0 aliphatic carbocycles. The van der Waals surface area contributed by atoms with E-state index in [4.69, 9.17) is 14.2 Å². The van der Waals surface area contributed by atoms with E-state index in [2.05, 4.69) is 93.7 Å². The van der Waals surface area contributed by atoms with E-state index in [-0.39, 0.29) is 31.1 Å². The zero-order valence-electron chi connectivity index (χ0n) is 45.6. The van der Waals surface area contributed by atoms with Gasteiger partial charge in [0.1, 0.15) is 13.2 Å². The first-order valence-corrected chi connectivity index (χ1v) is 29.4. The molecule has 0 aromatic rings. The molecule has 69 heavy (non-hydrogen) atoms. The van der Waals surface area contributed by atoms with Gasteiger partial charge in [-0.15, -0.1) is 0 Å². The zero-order chi connectivity index (χ0) is 50.0. The lowest BCUT2D eigenvalue weighted by Gasteiger charge is -2.18. The summed E-state index contributed by atoms with van der Waals surface area (Å²) in [5.41, 5.74) is 0. The van der Waals surface area contributed by atoms with Gasteiger partial charge in [-0.1, -0.05) is 235 Å². The van der Waals surface area contributed by atoms with Crippen LogP contribution in [0.25, 0.3) is 0 Å². The number of ether oxygens (including phenoxy) is 3. The summed E-state index contributed by atoms with van der Waals surface area (Å²) in [6.45, 7) is 6.51. The van der Waals surface area contributed by atoms with Crippen molar-refractivity contribution in [2.75, 3.05) is 13.2 Å². The molecule has 0 unspecified atom stereocenters. The van der Waals surface area contributed by atoms with Crippen LogP contribution in [0.3, 0.4) is 0 Å². The average molecular weight is 964 g/mol. The summed E-state index contributed by atoms with van der Waals surface area (Å²) in [6, 6.07) is 0. The van der Waals surface area contributed by atoms with E-state index in [1.54, 1.807) is 0 Å². The Bertz CT molecular complexity index is 1290. The maximum absolute atomic E-state index is 12.9. The zero-order valence-corrected chi connectivity index (χ0v) is 45.6.